The van der Waals surface area contributed by atoms with E-state index in [0.717, 1.165) is 0 Å². The van der Waals surface area contributed by atoms with E-state index in [9.17, 15) is 4.79 Å². The van der Waals surface area contributed by atoms with Gasteiger partial charge in [-0.15, -0.1) is 23.2 Å². The first-order chi connectivity index (χ1) is 6.13. The Morgan fingerprint density at radius 2 is 2.23 bits per heavy atom. The van der Waals surface area contributed by atoms with E-state index in [-0.39, 0.29) is 5.78 Å². The second-order valence-electron chi connectivity index (χ2n) is 2.54. The standard InChI is InChI=1S/C8H8Cl2N2O/c1-5(9)7(10)8(13)6-2-3-11-4-12-6/h2-5,7H,1H3. The first kappa shape index (κ1) is 10.4. The Labute approximate surface area is 86.1 Å². The number of hydrogen-bond donors (Lipinski definition) is 0. The van der Waals surface area contributed by atoms with Gasteiger partial charge in [0.25, 0.3) is 0 Å². The van der Waals surface area contributed by atoms with Crippen molar-refractivity contribution in [3.63, 3.8) is 0 Å². The second kappa shape index (κ2) is 4.53. The minimum atomic E-state index is -0.739. The minimum Gasteiger partial charge on any atom is -0.291 e. The third-order valence-corrected chi connectivity index (χ3v) is 2.45. The summed E-state index contributed by atoms with van der Waals surface area (Å²) in [6, 6.07) is 1.51. The van der Waals surface area contributed by atoms with Gasteiger partial charge in [-0.05, 0) is 13.0 Å². The zero-order valence-electron chi connectivity index (χ0n) is 6.95. The van der Waals surface area contributed by atoms with Crippen LogP contribution in [0.2, 0.25) is 0 Å². The summed E-state index contributed by atoms with van der Waals surface area (Å²) in [7, 11) is 0. The predicted octanol–water partition coefficient (Wildman–Crippen LogP) is 1.89. The quantitative estimate of drug-likeness (QED) is 0.575. The number of carbonyl (C=O) groups is 1. The van der Waals surface area contributed by atoms with Crippen LogP contribution in [0.25, 0.3) is 0 Å². The third kappa shape index (κ3) is 2.64. The van der Waals surface area contributed by atoms with Gasteiger partial charge in [-0.1, -0.05) is 0 Å². The third-order valence-electron chi connectivity index (χ3n) is 1.49. The van der Waals surface area contributed by atoms with Crippen LogP contribution < -0.4 is 0 Å². The van der Waals surface area contributed by atoms with Gasteiger partial charge in [0.05, 0.1) is 5.38 Å². The van der Waals surface area contributed by atoms with Crippen LogP contribution in [0.5, 0.6) is 0 Å². The van der Waals surface area contributed by atoms with Crippen molar-refractivity contribution in [3.05, 3.63) is 24.3 Å². The van der Waals surface area contributed by atoms with Gasteiger partial charge in [0.15, 0.2) is 0 Å². The fourth-order valence-electron chi connectivity index (χ4n) is 0.786. The highest BCUT2D eigenvalue weighted by molar-refractivity contribution is 6.39. The van der Waals surface area contributed by atoms with E-state index in [1.165, 1.54) is 18.6 Å². The average molecular weight is 219 g/mol. The molecule has 0 saturated carbocycles. The Bertz CT molecular complexity index is 289. The number of halogens is 2. The molecule has 0 radical (unpaired) electrons. The van der Waals surface area contributed by atoms with Crippen LogP contribution in [-0.2, 0) is 0 Å². The Morgan fingerprint density at radius 3 is 2.69 bits per heavy atom. The summed E-state index contributed by atoms with van der Waals surface area (Å²) in [5, 5.41) is -1.15. The first-order valence-corrected chi connectivity index (χ1v) is 4.58. The van der Waals surface area contributed by atoms with Gasteiger partial charge < -0.3 is 0 Å². The number of aromatic nitrogens is 2. The minimum absolute atomic E-state index is 0.272. The van der Waals surface area contributed by atoms with Gasteiger partial charge in [0.1, 0.15) is 17.4 Å². The topological polar surface area (TPSA) is 42.9 Å². The molecular formula is C8H8Cl2N2O. The molecule has 0 aliphatic carbocycles. The van der Waals surface area contributed by atoms with E-state index < -0.39 is 10.8 Å². The number of ketones is 1. The molecule has 1 aromatic heterocycles. The van der Waals surface area contributed by atoms with E-state index in [1.54, 1.807) is 6.92 Å². The Hall–Kier alpha value is -0.670. The number of carbonyl (C=O) groups excluding carboxylic acids is 1. The molecule has 0 aromatic carbocycles. The van der Waals surface area contributed by atoms with Crippen molar-refractivity contribution in [2.45, 2.75) is 17.7 Å². The summed E-state index contributed by atoms with van der Waals surface area (Å²) in [5.74, 6) is -0.272. The van der Waals surface area contributed by atoms with Gasteiger partial charge in [0, 0.05) is 6.20 Å². The monoisotopic (exact) mass is 218 g/mol. The molecular weight excluding hydrogens is 211 g/mol. The molecule has 0 aliphatic heterocycles. The number of nitrogens with zero attached hydrogens (tertiary/aromatic N) is 2. The Balaban J connectivity index is 2.80. The maximum absolute atomic E-state index is 11.5. The highest BCUT2D eigenvalue weighted by Gasteiger charge is 2.22. The summed E-state index contributed by atoms with van der Waals surface area (Å²) in [5.41, 5.74) is 0.294. The lowest BCUT2D eigenvalue weighted by Gasteiger charge is -2.08. The van der Waals surface area contributed by atoms with E-state index in [2.05, 4.69) is 9.97 Å². The molecule has 1 rings (SSSR count). The molecule has 1 aromatic rings. The lowest BCUT2D eigenvalue weighted by molar-refractivity contribution is 0.0982. The van der Waals surface area contributed by atoms with Crippen molar-refractivity contribution in [2.24, 2.45) is 0 Å². The molecule has 1 heterocycles. The van der Waals surface area contributed by atoms with Crippen LogP contribution >= 0.6 is 23.2 Å². The van der Waals surface area contributed by atoms with Gasteiger partial charge in [-0.25, -0.2) is 9.97 Å². The molecule has 70 valence electrons. The van der Waals surface area contributed by atoms with Crippen LogP contribution in [0.3, 0.4) is 0 Å². The fraction of sp³-hybridized carbons (Fsp3) is 0.375. The molecule has 0 N–H and O–H groups in total. The molecule has 3 nitrogen and oxygen atoms in total. The number of Topliss-reactive ketones (excluding diaryl/α,β-unsaturated/α-hetero) is 1. The largest absolute Gasteiger partial charge is 0.291 e. The van der Waals surface area contributed by atoms with Crippen LogP contribution in [0.4, 0.5) is 0 Å². The van der Waals surface area contributed by atoms with Crippen LogP contribution in [-0.4, -0.2) is 26.5 Å². The van der Waals surface area contributed by atoms with Crippen molar-refractivity contribution in [1.82, 2.24) is 9.97 Å². The Kier molecular flexibility index (Phi) is 3.63. The predicted molar refractivity (Wildman–Crippen MR) is 51.3 cm³/mol. The maximum Gasteiger partial charge on any atom is 0.200 e. The molecule has 0 fully saturated rings. The smallest absolute Gasteiger partial charge is 0.200 e. The van der Waals surface area contributed by atoms with Gasteiger partial charge in [-0.3, -0.25) is 4.79 Å². The van der Waals surface area contributed by atoms with Crippen LogP contribution in [0.15, 0.2) is 18.6 Å². The summed E-state index contributed by atoms with van der Waals surface area (Å²) in [6.07, 6.45) is 2.79. The van der Waals surface area contributed by atoms with Gasteiger partial charge in [-0.2, -0.15) is 0 Å². The SMILES string of the molecule is CC(Cl)C(Cl)C(=O)c1ccncn1. The fourth-order valence-corrected chi connectivity index (χ4v) is 1.01. The number of rotatable bonds is 3. The number of alkyl halides is 2. The highest BCUT2D eigenvalue weighted by atomic mass is 35.5. The van der Waals surface area contributed by atoms with Crippen molar-refractivity contribution in [2.75, 3.05) is 0 Å². The summed E-state index contributed by atoms with van der Waals surface area (Å²) >= 11 is 11.4. The molecule has 0 spiro atoms. The van der Waals surface area contributed by atoms with Crippen LogP contribution in [0.1, 0.15) is 17.4 Å². The van der Waals surface area contributed by atoms with Crippen molar-refractivity contribution >= 4 is 29.0 Å². The van der Waals surface area contributed by atoms with E-state index in [4.69, 9.17) is 23.2 Å². The molecule has 0 bridgehead atoms. The maximum atomic E-state index is 11.5. The lowest BCUT2D eigenvalue weighted by Crippen LogP contribution is -2.23. The molecule has 2 unspecified atom stereocenters. The highest BCUT2D eigenvalue weighted by Crippen LogP contribution is 2.13. The van der Waals surface area contributed by atoms with Crippen molar-refractivity contribution in [1.29, 1.82) is 0 Å². The first-order valence-electron chi connectivity index (χ1n) is 3.71. The second-order valence-corrected chi connectivity index (χ2v) is 3.70. The molecule has 13 heavy (non-hydrogen) atoms. The normalized spacial score (nSPS) is 15.0. The molecule has 0 amide bonds. The van der Waals surface area contributed by atoms with E-state index in [0.29, 0.717) is 5.69 Å². The molecule has 0 saturated heterocycles. The molecule has 5 heteroatoms. The lowest BCUT2D eigenvalue weighted by atomic mass is 10.1. The summed E-state index contributed by atoms with van der Waals surface area (Å²) in [4.78, 5) is 19.0. The average Bonchev–Trinajstić information content (AvgIpc) is 2.17. The van der Waals surface area contributed by atoms with Crippen molar-refractivity contribution in [3.8, 4) is 0 Å². The zero-order chi connectivity index (χ0) is 9.84. The molecule has 0 aliphatic rings. The Morgan fingerprint density at radius 1 is 1.54 bits per heavy atom. The van der Waals surface area contributed by atoms with Gasteiger partial charge >= 0.3 is 0 Å². The molecule has 2 atom stereocenters. The van der Waals surface area contributed by atoms with E-state index >= 15 is 0 Å². The van der Waals surface area contributed by atoms with Crippen molar-refractivity contribution < 1.29 is 4.79 Å². The van der Waals surface area contributed by atoms with Crippen LogP contribution in [0, 0.1) is 0 Å². The summed E-state index contributed by atoms with van der Waals surface area (Å²) < 4.78 is 0. The number of hydrogen-bond acceptors (Lipinski definition) is 3. The summed E-state index contributed by atoms with van der Waals surface area (Å²) in [6.45, 7) is 1.66. The van der Waals surface area contributed by atoms with E-state index in [1.807, 2.05) is 0 Å². The zero-order valence-corrected chi connectivity index (χ0v) is 8.46. The van der Waals surface area contributed by atoms with Gasteiger partial charge in [0.2, 0.25) is 5.78 Å².